The number of rotatable bonds is 1. The topological polar surface area (TPSA) is 67.6 Å². The van der Waals surface area contributed by atoms with Crippen LogP contribution in [0, 0.1) is 6.92 Å². The summed E-state index contributed by atoms with van der Waals surface area (Å²) in [4.78, 5) is 11.9. The first kappa shape index (κ1) is 9.84. The van der Waals surface area contributed by atoms with Crippen molar-refractivity contribution >= 4 is 16.9 Å². The Morgan fingerprint density at radius 1 is 1.24 bits per heavy atom. The van der Waals surface area contributed by atoms with E-state index in [1.165, 1.54) is 5.56 Å². The molecule has 0 aliphatic rings. The van der Waals surface area contributed by atoms with Crippen LogP contribution >= 0.6 is 0 Å². The third-order valence-electron chi connectivity index (χ3n) is 2.76. The van der Waals surface area contributed by atoms with E-state index in [0.717, 1.165) is 16.9 Å². The molecule has 0 bridgehead atoms. The van der Waals surface area contributed by atoms with Crippen molar-refractivity contribution in [1.82, 2.24) is 15.0 Å². The molecule has 0 aliphatic carbocycles. The number of imidazole rings is 1. The SMILES string of the molecule is Cc1ccccc1-c1nc2ncc(N)cc2[nH]1. The van der Waals surface area contributed by atoms with E-state index in [4.69, 9.17) is 5.73 Å². The van der Waals surface area contributed by atoms with E-state index >= 15 is 0 Å². The number of nitrogen functional groups attached to an aromatic ring is 1. The van der Waals surface area contributed by atoms with Gasteiger partial charge >= 0.3 is 0 Å². The number of hydrogen-bond acceptors (Lipinski definition) is 3. The predicted octanol–water partition coefficient (Wildman–Crippen LogP) is 2.52. The maximum Gasteiger partial charge on any atom is 0.178 e. The predicted molar refractivity (Wildman–Crippen MR) is 68.5 cm³/mol. The van der Waals surface area contributed by atoms with Crippen LogP contribution in [0.2, 0.25) is 0 Å². The molecule has 3 rings (SSSR count). The van der Waals surface area contributed by atoms with Gasteiger partial charge in [0, 0.05) is 5.56 Å². The zero-order chi connectivity index (χ0) is 11.8. The van der Waals surface area contributed by atoms with Gasteiger partial charge in [0.1, 0.15) is 5.82 Å². The first-order valence-electron chi connectivity index (χ1n) is 5.41. The first-order valence-corrected chi connectivity index (χ1v) is 5.41. The summed E-state index contributed by atoms with van der Waals surface area (Å²) in [6, 6.07) is 9.95. The number of aromatic nitrogens is 3. The fourth-order valence-electron chi connectivity index (χ4n) is 1.88. The lowest BCUT2D eigenvalue weighted by Gasteiger charge is -2.00. The van der Waals surface area contributed by atoms with E-state index < -0.39 is 0 Å². The standard InChI is InChI=1S/C13H12N4/c1-8-4-2-3-5-10(8)12-16-11-6-9(14)7-15-13(11)17-12/h2-7H,14H2,1H3,(H,15,16,17). The van der Waals surface area contributed by atoms with Gasteiger partial charge in [-0.3, -0.25) is 0 Å². The third kappa shape index (κ3) is 1.63. The van der Waals surface area contributed by atoms with Crippen LogP contribution in [0.1, 0.15) is 5.56 Å². The monoisotopic (exact) mass is 224 g/mol. The van der Waals surface area contributed by atoms with E-state index in [0.29, 0.717) is 11.3 Å². The Bertz CT molecular complexity index is 685. The summed E-state index contributed by atoms with van der Waals surface area (Å²) in [6.45, 7) is 2.06. The van der Waals surface area contributed by atoms with Crippen LogP contribution in [0.3, 0.4) is 0 Å². The molecule has 0 spiro atoms. The fraction of sp³-hybridized carbons (Fsp3) is 0.0769. The summed E-state index contributed by atoms with van der Waals surface area (Å²) in [5, 5.41) is 0. The summed E-state index contributed by atoms with van der Waals surface area (Å²) in [5.74, 6) is 0.830. The number of aryl methyl sites for hydroxylation is 1. The molecule has 0 atom stereocenters. The molecule has 17 heavy (non-hydrogen) atoms. The molecule has 1 aromatic carbocycles. The molecule has 84 valence electrons. The van der Waals surface area contributed by atoms with Crippen LogP contribution < -0.4 is 5.73 Å². The molecule has 0 aliphatic heterocycles. The highest BCUT2D eigenvalue weighted by Gasteiger charge is 2.07. The van der Waals surface area contributed by atoms with E-state index in [-0.39, 0.29) is 0 Å². The molecule has 3 N–H and O–H groups in total. The van der Waals surface area contributed by atoms with Gasteiger partial charge in [-0.15, -0.1) is 0 Å². The number of H-pyrrole nitrogens is 1. The molecular weight excluding hydrogens is 212 g/mol. The molecule has 0 saturated carbocycles. The maximum atomic E-state index is 5.69. The van der Waals surface area contributed by atoms with Gasteiger partial charge in [-0.25, -0.2) is 9.97 Å². The lowest BCUT2D eigenvalue weighted by atomic mass is 10.1. The average molecular weight is 224 g/mol. The highest BCUT2D eigenvalue weighted by atomic mass is 15.0. The van der Waals surface area contributed by atoms with Gasteiger partial charge < -0.3 is 10.7 Å². The second kappa shape index (κ2) is 3.59. The van der Waals surface area contributed by atoms with Crippen molar-refractivity contribution in [2.24, 2.45) is 0 Å². The second-order valence-corrected chi connectivity index (χ2v) is 4.04. The van der Waals surface area contributed by atoms with Crippen LogP contribution in [-0.4, -0.2) is 15.0 Å². The zero-order valence-corrected chi connectivity index (χ0v) is 9.44. The van der Waals surface area contributed by atoms with Gasteiger partial charge in [0.25, 0.3) is 0 Å². The van der Waals surface area contributed by atoms with Crippen molar-refractivity contribution in [1.29, 1.82) is 0 Å². The Hall–Kier alpha value is -2.36. The number of nitrogens with two attached hydrogens (primary N) is 1. The summed E-state index contributed by atoms with van der Waals surface area (Å²) in [6.07, 6.45) is 1.62. The number of aromatic amines is 1. The molecule has 0 amide bonds. The minimum absolute atomic E-state index is 0.637. The van der Waals surface area contributed by atoms with Crippen molar-refractivity contribution in [3.63, 3.8) is 0 Å². The molecular formula is C13H12N4. The van der Waals surface area contributed by atoms with Crippen LogP contribution in [0.25, 0.3) is 22.6 Å². The minimum atomic E-state index is 0.637. The average Bonchev–Trinajstić information content (AvgIpc) is 2.72. The van der Waals surface area contributed by atoms with Crippen molar-refractivity contribution in [2.75, 3.05) is 5.73 Å². The fourth-order valence-corrected chi connectivity index (χ4v) is 1.88. The Morgan fingerprint density at radius 2 is 2.06 bits per heavy atom. The highest BCUT2D eigenvalue weighted by molar-refractivity contribution is 5.78. The van der Waals surface area contributed by atoms with Gasteiger partial charge in [-0.05, 0) is 18.6 Å². The van der Waals surface area contributed by atoms with Crippen LogP contribution in [0.5, 0.6) is 0 Å². The van der Waals surface area contributed by atoms with Crippen molar-refractivity contribution in [3.05, 3.63) is 42.1 Å². The number of nitrogens with one attached hydrogen (secondary N) is 1. The van der Waals surface area contributed by atoms with Crippen LogP contribution in [0.15, 0.2) is 36.5 Å². The van der Waals surface area contributed by atoms with Crippen molar-refractivity contribution < 1.29 is 0 Å². The van der Waals surface area contributed by atoms with E-state index in [1.54, 1.807) is 6.20 Å². The van der Waals surface area contributed by atoms with Crippen LogP contribution in [-0.2, 0) is 0 Å². The van der Waals surface area contributed by atoms with Gasteiger partial charge in [0.2, 0.25) is 0 Å². The normalized spacial score (nSPS) is 10.9. The van der Waals surface area contributed by atoms with Crippen molar-refractivity contribution in [3.8, 4) is 11.4 Å². The van der Waals surface area contributed by atoms with E-state index in [9.17, 15) is 0 Å². The Morgan fingerprint density at radius 3 is 2.88 bits per heavy atom. The van der Waals surface area contributed by atoms with Gasteiger partial charge in [0.15, 0.2) is 5.65 Å². The number of fused-ring (bicyclic) bond motifs is 1. The number of anilines is 1. The van der Waals surface area contributed by atoms with E-state index in [1.807, 2.05) is 24.3 Å². The number of nitrogens with zero attached hydrogens (tertiary/aromatic N) is 2. The van der Waals surface area contributed by atoms with Gasteiger partial charge in [-0.1, -0.05) is 24.3 Å². The molecule has 3 aromatic rings. The maximum absolute atomic E-state index is 5.69. The van der Waals surface area contributed by atoms with Crippen LogP contribution in [0.4, 0.5) is 5.69 Å². The number of pyridine rings is 1. The van der Waals surface area contributed by atoms with Gasteiger partial charge in [0.05, 0.1) is 17.4 Å². The Balaban J connectivity index is 2.22. The molecule has 4 heteroatoms. The number of hydrogen-bond donors (Lipinski definition) is 2. The quantitative estimate of drug-likeness (QED) is 0.667. The van der Waals surface area contributed by atoms with Gasteiger partial charge in [-0.2, -0.15) is 0 Å². The number of benzene rings is 1. The minimum Gasteiger partial charge on any atom is -0.397 e. The summed E-state index contributed by atoms with van der Waals surface area (Å²) >= 11 is 0. The Kier molecular flexibility index (Phi) is 2.08. The van der Waals surface area contributed by atoms with E-state index in [2.05, 4.69) is 27.9 Å². The molecule has 2 aromatic heterocycles. The van der Waals surface area contributed by atoms with Crippen molar-refractivity contribution in [2.45, 2.75) is 6.92 Å². The third-order valence-corrected chi connectivity index (χ3v) is 2.76. The lowest BCUT2D eigenvalue weighted by Crippen LogP contribution is -1.85. The molecule has 0 saturated heterocycles. The molecule has 0 unspecified atom stereocenters. The molecule has 4 nitrogen and oxygen atoms in total. The lowest BCUT2D eigenvalue weighted by molar-refractivity contribution is 1.28. The Labute approximate surface area is 98.5 Å². The zero-order valence-electron chi connectivity index (χ0n) is 9.44. The summed E-state index contributed by atoms with van der Waals surface area (Å²) in [5.41, 5.74) is 10.2. The molecule has 0 fully saturated rings. The second-order valence-electron chi connectivity index (χ2n) is 4.04. The summed E-state index contributed by atoms with van der Waals surface area (Å²) < 4.78 is 0. The first-order chi connectivity index (χ1) is 8.24. The smallest absolute Gasteiger partial charge is 0.178 e. The largest absolute Gasteiger partial charge is 0.397 e. The molecule has 0 radical (unpaired) electrons. The molecule has 2 heterocycles. The summed E-state index contributed by atoms with van der Waals surface area (Å²) in [7, 11) is 0. The highest BCUT2D eigenvalue weighted by Crippen LogP contribution is 2.22.